The fourth-order valence-electron chi connectivity index (χ4n) is 6.45. The summed E-state index contributed by atoms with van der Waals surface area (Å²) < 4.78 is 0. The molecule has 0 aromatic heterocycles. The van der Waals surface area contributed by atoms with Gasteiger partial charge in [0, 0.05) is 0 Å². The van der Waals surface area contributed by atoms with E-state index in [2.05, 4.69) is 31.3 Å². The third kappa shape index (κ3) is 34.7. The van der Waals surface area contributed by atoms with Gasteiger partial charge >= 0.3 is 0 Å². The molecule has 0 aromatic rings. The minimum Gasteiger partial charge on any atom is -0.394 e. The first kappa shape index (κ1) is 46.8. The molecule has 5 nitrogen and oxygen atoms in total. The van der Waals surface area contributed by atoms with Gasteiger partial charge in [-0.3, -0.25) is 4.79 Å². The van der Waals surface area contributed by atoms with Gasteiger partial charge in [-0.2, -0.15) is 0 Å². The van der Waals surface area contributed by atoms with Crippen LogP contribution >= 0.6 is 0 Å². The Hall–Kier alpha value is -1.17. The lowest BCUT2D eigenvalue weighted by Gasteiger charge is -2.21. The highest BCUT2D eigenvalue weighted by Gasteiger charge is 2.20. The smallest absolute Gasteiger partial charge is 0.222 e. The Kier molecular flexibility index (Phi) is 37.7. The van der Waals surface area contributed by atoms with Crippen molar-refractivity contribution in [3.63, 3.8) is 0 Å². The van der Waals surface area contributed by atoms with Gasteiger partial charge in [-0.25, -0.2) is 0 Å². The molecule has 0 aliphatic carbocycles. The number of hydrogen-bond donors (Lipinski definition) is 4. The highest BCUT2D eigenvalue weighted by molar-refractivity contribution is 5.76. The van der Waals surface area contributed by atoms with Crippen molar-refractivity contribution in [3.05, 3.63) is 24.3 Å². The Bertz CT molecular complexity index is 709. The molecule has 48 heavy (non-hydrogen) atoms. The average Bonchev–Trinajstić information content (AvgIpc) is 3.08. The number of carbonyl (C=O) groups excluding carboxylic acids is 1. The number of unbranched alkanes of at least 4 members (excludes halogenated alkanes) is 27. The van der Waals surface area contributed by atoms with E-state index in [1.165, 1.54) is 154 Å². The molecule has 284 valence electrons. The third-order valence-electron chi connectivity index (χ3n) is 9.73. The van der Waals surface area contributed by atoms with Crippen molar-refractivity contribution in [1.82, 2.24) is 5.32 Å². The van der Waals surface area contributed by atoms with E-state index in [-0.39, 0.29) is 18.9 Å². The molecule has 0 aromatic carbocycles. The van der Waals surface area contributed by atoms with Crippen molar-refractivity contribution in [2.24, 2.45) is 0 Å². The van der Waals surface area contributed by atoms with Gasteiger partial charge in [-0.05, 0) is 44.9 Å². The van der Waals surface area contributed by atoms with Crippen LogP contribution in [-0.2, 0) is 4.79 Å². The highest BCUT2D eigenvalue weighted by Crippen LogP contribution is 2.15. The number of carbonyl (C=O) groups is 1. The SMILES string of the molecule is CCCCCC/C=C\CCCCCCCC(O)CC(=O)NC(CO)C(O)/C=C/CCCCCCCCCCCCCCCCCCCC. The van der Waals surface area contributed by atoms with Crippen LogP contribution in [0.3, 0.4) is 0 Å². The van der Waals surface area contributed by atoms with Crippen molar-refractivity contribution >= 4 is 5.91 Å². The fraction of sp³-hybridized carbons (Fsp3) is 0.884. The summed E-state index contributed by atoms with van der Waals surface area (Å²) in [4.78, 5) is 12.4. The molecule has 1 amide bonds. The van der Waals surface area contributed by atoms with Crippen LogP contribution < -0.4 is 5.32 Å². The molecule has 0 heterocycles. The average molecular weight is 678 g/mol. The van der Waals surface area contributed by atoms with Gasteiger partial charge in [0.2, 0.25) is 5.91 Å². The van der Waals surface area contributed by atoms with Crippen molar-refractivity contribution in [2.75, 3.05) is 6.61 Å². The Balaban J connectivity index is 3.67. The number of hydrogen-bond acceptors (Lipinski definition) is 4. The van der Waals surface area contributed by atoms with Gasteiger partial charge in [-0.15, -0.1) is 0 Å². The van der Waals surface area contributed by atoms with Crippen LogP contribution in [0.5, 0.6) is 0 Å². The van der Waals surface area contributed by atoms with Crippen molar-refractivity contribution in [2.45, 2.75) is 238 Å². The Labute approximate surface area is 299 Å². The van der Waals surface area contributed by atoms with Gasteiger partial charge in [0.1, 0.15) is 0 Å². The quantitative estimate of drug-likeness (QED) is 0.0387. The minimum atomic E-state index is -0.928. The maximum atomic E-state index is 12.4. The van der Waals surface area contributed by atoms with Crippen LogP contribution in [0.25, 0.3) is 0 Å². The second-order valence-electron chi connectivity index (χ2n) is 14.6. The Morgan fingerprint density at radius 3 is 1.29 bits per heavy atom. The van der Waals surface area contributed by atoms with E-state index in [4.69, 9.17) is 0 Å². The molecule has 0 bridgehead atoms. The molecule has 0 rings (SSSR count). The van der Waals surface area contributed by atoms with E-state index in [9.17, 15) is 20.1 Å². The maximum Gasteiger partial charge on any atom is 0.222 e. The Morgan fingerprint density at radius 2 is 0.875 bits per heavy atom. The first-order chi connectivity index (χ1) is 23.5. The topological polar surface area (TPSA) is 89.8 Å². The molecule has 0 aliphatic rings. The molecule has 0 saturated heterocycles. The van der Waals surface area contributed by atoms with Crippen LogP contribution in [-0.4, -0.2) is 46.1 Å². The summed E-state index contributed by atoms with van der Waals surface area (Å²) in [5.41, 5.74) is 0. The van der Waals surface area contributed by atoms with Gasteiger partial charge in [0.05, 0.1) is 31.3 Å². The third-order valence-corrected chi connectivity index (χ3v) is 9.73. The van der Waals surface area contributed by atoms with E-state index in [1.54, 1.807) is 6.08 Å². The molecule has 0 fully saturated rings. The number of amides is 1. The second-order valence-corrected chi connectivity index (χ2v) is 14.6. The summed E-state index contributed by atoms with van der Waals surface area (Å²) in [5, 5.41) is 33.2. The van der Waals surface area contributed by atoms with Gasteiger partial charge in [0.15, 0.2) is 0 Å². The monoisotopic (exact) mass is 678 g/mol. The number of nitrogens with one attached hydrogen (secondary N) is 1. The summed E-state index contributed by atoms with van der Waals surface area (Å²) in [7, 11) is 0. The lowest BCUT2D eigenvalue weighted by atomic mass is 10.0. The molecular formula is C43H83NO4. The number of aliphatic hydroxyl groups excluding tert-OH is 3. The lowest BCUT2D eigenvalue weighted by Crippen LogP contribution is -2.45. The van der Waals surface area contributed by atoms with Gasteiger partial charge < -0.3 is 20.6 Å². The number of aliphatic hydroxyl groups is 3. The Morgan fingerprint density at radius 1 is 0.521 bits per heavy atom. The van der Waals surface area contributed by atoms with Crippen molar-refractivity contribution < 1.29 is 20.1 Å². The summed E-state index contributed by atoms with van der Waals surface area (Å²) in [5.74, 6) is -0.320. The zero-order chi connectivity index (χ0) is 35.2. The first-order valence-corrected chi connectivity index (χ1v) is 21.1. The molecule has 0 saturated carbocycles. The van der Waals surface area contributed by atoms with Crippen LogP contribution in [0.4, 0.5) is 0 Å². The van der Waals surface area contributed by atoms with Crippen LogP contribution in [0.2, 0.25) is 0 Å². The maximum absolute atomic E-state index is 12.4. The standard InChI is InChI=1S/C43H83NO4/c1-3-5-7-9-11-13-15-17-18-19-20-21-22-23-25-27-29-31-33-35-37-42(47)41(39-45)44-43(48)38-40(46)36-34-32-30-28-26-24-16-14-12-10-8-6-4-2/h14,16,35,37,40-42,45-47H,3-13,15,17-34,36,38-39H2,1-2H3,(H,44,48)/b16-14-,37-35+. The highest BCUT2D eigenvalue weighted by atomic mass is 16.3. The van der Waals surface area contributed by atoms with E-state index < -0.39 is 18.2 Å². The molecule has 0 aliphatic heterocycles. The summed E-state index contributed by atoms with van der Waals surface area (Å²) in [6, 6.07) is -0.744. The molecule has 3 unspecified atom stereocenters. The summed E-state index contributed by atoms with van der Waals surface area (Å²) in [6.45, 7) is 4.20. The zero-order valence-electron chi connectivity index (χ0n) is 32.1. The van der Waals surface area contributed by atoms with Gasteiger partial charge in [-0.1, -0.05) is 192 Å². The summed E-state index contributed by atoms with van der Waals surface area (Å²) >= 11 is 0. The minimum absolute atomic E-state index is 0.00922. The van der Waals surface area contributed by atoms with E-state index in [0.29, 0.717) is 6.42 Å². The predicted molar refractivity (Wildman–Crippen MR) is 208 cm³/mol. The largest absolute Gasteiger partial charge is 0.394 e. The van der Waals surface area contributed by atoms with Crippen LogP contribution in [0, 0.1) is 0 Å². The molecular weight excluding hydrogens is 594 g/mol. The van der Waals surface area contributed by atoms with Crippen molar-refractivity contribution in [1.29, 1.82) is 0 Å². The number of allylic oxidation sites excluding steroid dienone is 3. The predicted octanol–water partition coefficient (Wildman–Crippen LogP) is 11.8. The van der Waals surface area contributed by atoms with E-state index in [1.807, 2.05) is 6.08 Å². The molecule has 0 radical (unpaired) electrons. The van der Waals surface area contributed by atoms with Crippen LogP contribution in [0.1, 0.15) is 219 Å². The molecule has 5 heteroatoms. The number of rotatable bonds is 38. The van der Waals surface area contributed by atoms with E-state index in [0.717, 1.165) is 38.5 Å². The van der Waals surface area contributed by atoms with Crippen molar-refractivity contribution in [3.8, 4) is 0 Å². The zero-order valence-corrected chi connectivity index (χ0v) is 32.1. The first-order valence-electron chi connectivity index (χ1n) is 21.1. The second kappa shape index (κ2) is 38.6. The fourth-order valence-corrected chi connectivity index (χ4v) is 6.45. The summed E-state index contributed by atoms with van der Waals surface area (Å²) in [6.07, 6.45) is 46.0. The van der Waals surface area contributed by atoms with Gasteiger partial charge in [0.25, 0.3) is 0 Å². The molecule has 3 atom stereocenters. The molecule has 0 spiro atoms. The van der Waals surface area contributed by atoms with Crippen LogP contribution in [0.15, 0.2) is 24.3 Å². The van der Waals surface area contributed by atoms with E-state index >= 15 is 0 Å². The lowest BCUT2D eigenvalue weighted by molar-refractivity contribution is -0.124. The normalized spacial score (nSPS) is 13.9. The molecule has 4 N–H and O–H groups in total.